The molecule has 6 rings (SSSR count). The van der Waals surface area contributed by atoms with E-state index in [1.165, 1.54) is 0 Å². The maximum Gasteiger partial charge on any atom is 0.202 e. The smallest absolute Gasteiger partial charge is 0.202 e. The Hall–Kier alpha value is -3.38. The molecule has 2 heterocycles. The van der Waals surface area contributed by atoms with E-state index in [2.05, 4.69) is 0 Å². The molecule has 0 aromatic heterocycles. The molecule has 0 amide bonds. The summed E-state index contributed by atoms with van der Waals surface area (Å²) in [6.45, 7) is 5.05. The highest BCUT2D eigenvalue weighted by Gasteiger charge is 2.54. The van der Waals surface area contributed by atoms with Gasteiger partial charge in [-0.05, 0) is 60.6 Å². The average Bonchev–Trinajstić information content (AvgIpc) is 3.06. The number of hydrogen-bond acceptors (Lipinski definition) is 15. The van der Waals surface area contributed by atoms with E-state index in [0.29, 0.717) is 0 Å². The lowest BCUT2D eigenvalue weighted by Gasteiger charge is -2.48. The number of ether oxygens (including phenoxy) is 4. The number of carbonyl (C=O) groups excluding carboxylic acids is 2. The molecule has 2 fully saturated rings. The van der Waals surface area contributed by atoms with Gasteiger partial charge in [0.1, 0.15) is 29.1 Å². The molecule has 7 N–H and O–H groups in total. The van der Waals surface area contributed by atoms with Gasteiger partial charge in [0.25, 0.3) is 0 Å². The van der Waals surface area contributed by atoms with Gasteiger partial charge in [0.05, 0.1) is 58.4 Å². The summed E-state index contributed by atoms with van der Waals surface area (Å²) in [7, 11) is 7.19. The summed E-state index contributed by atoms with van der Waals surface area (Å²) in [5.74, 6) is -4.84. The van der Waals surface area contributed by atoms with Crippen molar-refractivity contribution < 1.29 is 64.3 Å². The number of aromatic hydroxyl groups is 4. The molecule has 15 heteroatoms. The van der Waals surface area contributed by atoms with Crippen LogP contribution in [-0.2, 0) is 18.9 Å². The van der Waals surface area contributed by atoms with Gasteiger partial charge in [0.2, 0.25) is 11.6 Å². The molecular weight excluding hydrogens is 668 g/mol. The van der Waals surface area contributed by atoms with Crippen molar-refractivity contribution in [3.8, 4) is 23.0 Å². The van der Waals surface area contributed by atoms with Gasteiger partial charge in [-0.15, -0.1) is 0 Å². The van der Waals surface area contributed by atoms with E-state index in [1.54, 1.807) is 49.0 Å². The Morgan fingerprint density at radius 1 is 0.745 bits per heavy atom. The summed E-state index contributed by atoms with van der Waals surface area (Å²) < 4.78 is 25.0. The Labute approximate surface area is 295 Å². The number of benzene rings is 2. The van der Waals surface area contributed by atoms with Crippen molar-refractivity contribution in [1.29, 1.82) is 0 Å². The van der Waals surface area contributed by atoms with Gasteiger partial charge in [-0.1, -0.05) is 6.92 Å². The van der Waals surface area contributed by atoms with Crippen LogP contribution < -0.4 is 0 Å². The lowest BCUT2D eigenvalue weighted by atomic mass is 9.70. The number of phenols is 4. The summed E-state index contributed by atoms with van der Waals surface area (Å²) in [6.07, 6.45) is -7.65. The molecule has 0 bridgehead atoms. The van der Waals surface area contributed by atoms with Crippen LogP contribution in [0.5, 0.6) is 23.0 Å². The predicted molar refractivity (Wildman–Crippen MR) is 179 cm³/mol. The second kappa shape index (κ2) is 13.5. The lowest BCUT2D eigenvalue weighted by molar-refractivity contribution is -0.289. The number of likely N-dealkylation sites (N-methyl/N-ethyl adjacent to an activating group) is 2. The predicted octanol–water partition coefficient (Wildman–Crippen LogP) is 1.80. The first-order chi connectivity index (χ1) is 23.9. The van der Waals surface area contributed by atoms with E-state index in [0.717, 1.165) is 12.1 Å². The summed E-state index contributed by atoms with van der Waals surface area (Å²) in [4.78, 5) is 31.7. The van der Waals surface area contributed by atoms with Crippen LogP contribution in [0, 0.1) is 0 Å². The third kappa shape index (κ3) is 6.07. The van der Waals surface area contributed by atoms with Gasteiger partial charge in [-0.25, -0.2) is 0 Å². The molecule has 2 aliphatic heterocycles. The van der Waals surface area contributed by atoms with Crippen molar-refractivity contribution in [2.45, 2.75) is 113 Å². The van der Waals surface area contributed by atoms with Gasteiger partial charge in [-0.2, -0.15) is 0 Å². The molecule has 0 unspecified atom stereocenters. The molecule has 280 valence electrons. The first-order valence-corrected chi connectivity index (χ1v) is 17.2. The fourth-order valence-corrected chi connectivity index (χ4v) is 8.12. The average molecular weight is 717 g/mol. The van der Waals surface area contributed by atoms with Crippen LogP contribution in [0.4, 0.5) is 0 Å². The van der Waals surface area contributed by atoms with Crippen molar-refractivity contribution >= 4 is 11.6 Å². The van der Waals surface area contributed by atoms with E-state index in [4.69, 9.17) is 18.9 Å². The third-order valence-electron chi connectivity index (χ3n) is 11.1. The first-order valence-electron chi connectivity index (χ1n) is 17.2. The summed E-state index contributed by atoms with van der Waals surface area (Å²) >= 11 is 0. The van der Waals surface area contributed by atoms with Crippen LogP contribution >= 0.6 is 0 Å². The van der Waals surface area contributed by atoms with Crippen LogP contribution in [0.25, 0.3) is 0 Å². The second-order valence-corrected chi connectivity index (χ2v) is 14.6. The summed E-state index contributed by atoms with van der Waals surface area (Å²) in [5.41, 5.74) is -4.56. The van der Waals surface area contributed by atoms with Crippen molar-refractivity contribution in [2.75, 3.05) is 28.2 Å². The minimum Gasteiger partial charge on any atom is -0.507 e. The molecular formula is C36H48N2O13. The molecule has 0 saturated carbocycles. The normalized spacial score (nSPS) is 35.1. The highest BCUT2D eigenvalue weighted by Crippen LogP contribution is 2.58. The number of carbonyl (C=O) groups is 2. The molecule has 0 radical (unpaired) electrons. The van der Waals surface area contributed by atoms with E-state index in [9.17, 15) is 45.3 Å². The molecule has 2 aromatic carbocycles. The minimum atomic E-state index is -1.83. The van der Waals surface area contributed by atoms with Crippen molar-refractivity contribution in [2.24, 2.45) is 0 Å². The highest BCUT2D eigenvalue weighted by atomic mass is 16.7. The Kier molecular flexibility index (Phi) is 9.93. The molecule has 0 spiro atoms. The third-order valence-corrected chi connectivity index (χ3v) is 11.1. The van der Waals surface area contributed by atoms with Crippen LogP contribution in [0.3, 0.4) is 0 Å². The quantitative estimate of drug-likeness (QED) is 0.173. The maximum absolute atomic E-state index is 14.0. The van der Waals surface area contributed by atoms with E-state index in [1.807, 2.05) is 9.80 Å². The number of ketones is 2. The van der Waals surface area contributed by atoms with Crippen LogP contribution in [0.15, 0.2) is 12.1 Å². The monoisotopic (exact) mass is 716 g/mol. The van der Waals surface area contributed by atoms with Crippen LogP contribution in [-0.4, -0.2) is 140 Å². The number of rotatable bonds is 7. The molecule has 2 aliphatic carbocycles. The van der Waals surface area contributed by atoms with E-state index < -0.39 is 118 Å². The van der Waals surface area contributed by atoms with E-state index in [-0.39, 0.29) is 42.9 Å². The minimum absolute atomic E-state index is 0.0294. The van der Waals surface area contributed by atoms with Crippen LogP contribution in [0.1, 0.15) is 102 Å². The highest BCUT2D eigenvalue weighted by molar-refractivity contribution is 6.32. The molecule has 51 heavy (non-hydrogen) atoms. The Bertz CT molecular complexity index is 1710. The molecule has 2 saturated heterocycles. The molecule has 11 atom stereocenters. The Balaban J connectivity index is 1.53. The number of nitrogens with zero attached hydrogens (tertiary/aromatic N) is 2. The summed E-state index contributed by atoms with van der Waals surface area (Å²) in [5, 5.41) is 79.4. The first kappa shape index (κ1) is 37.4. The Morgan fingerprint density at radius 2 is 1.18 bits per heavy atom. The molecule has 15 nitrogen and oxygen atoms in total. The fourth-order valence-electron chi connectivity index (χ4n) is 8.12. The molecule has 2 aromatic rings. The van der Waals surface area contributed by atoms with Gasteiger partial charge in [0.15, 0.2) is 12.6 Å². The van der Waals surface area contributed by atoms with Gasteiger partial charge >= 0.3 is 0 Å². The van der Waals surface area contributed by atoms with Crippen molar-refractivity contribution in [3.05, 3.63) is 45.5 Å². The van der Waals surface area contributed by atoms with Crippen molar-refractivity contribution in [1.82, 2.24) is 9.80 Å². The Morgan fingerprint density at radius 3 is 1.61 bits per heavy atom. The van der Waals surface area contributed by atoms with Crippen LogP contribution in [0.2, 0.25) is 0 Å². The zero-order chi connectivity index (χ0) is 37.4. The molecule has 4 aliphatic rings. The lowest BCUT2D eigenvalue weighted by Crippen LogP contribution is -2.55. The number of fused-ring (bicyclic) bond motifs is 3. The summed E-state index contributed by atoms with van der Waals surface area (Å²) in [6, 6.07) is 1.28. The number of phenolic OH excluding ortho intramolecular Hbond substituents is 4. The zero-order valence-corrected chi connectivity index (χ0v) is 29.7. The largest absolute Gasteiger partial charge is 0.507 e. The SMILES string of the molecule is CC[C@@]1(O)C[C@H](O[C@H]2C[C@H](N(C)C)[C@H](O)[C@H](C)O2)c2c(O)c3c(c(O)c2[C@H]1O[C@H]1C[C@H](N(C)C)[C@H](O)[C@H](C)O1)C(=O)c1c(O)ccc(O)c1C3=O. The number of aliphatic hydroxyl groups is 3. The van der Waals surface area contributed by atoms with Crippen molar-refractivity contribution in [3.63, 3.8) is 0 Å². The zero-order valence-electron chi connectivity index (χ0n) is 29.7. The second-order valence-electron chi connectivity index (χ2n) is 14.6. The van der Waals surface area contributed by atoms with Gasteiger partial charge in [0, 0.05) is 42.5 Å². The van der Waals surface area contributed by atoms with Gasteiger partial charge in [-0.3, -0.25) is 9.59 Å². The van der Waals surface area contributed by atoms with Gasteiger partial charge < -0.3 is 64.5 Å². The number of hydrogen-bond donors (Lipinski definition) is 7. The maximum atomic E-state index is 14.0. The number of aliphatic hydroxyl groups excluding tert-OH is 2. The van der Waals surface area contributed by atoms with E-state index >= 15 is 0 Å². The standard InChI is InChI=1S/C36H48N2O13/c1-8-36(47)13-20(50-21-11-16(37(4)5)29(41)14(2)48-21)25-28(35(36)51-22-12-17(38(6)7)30(42)15(3)49-22)34(46)27-26(33(25)45)31(43)23-18(39)9-10-19(40)24(23)32(27)44/h9-10,14-17,20-22,29-30,35,39-42,45-47H,8,11-13H2,1-7H3/t14-,15-,16-,17-,20-,21-,22-,29+,30+,35+,36+/m0/s1. The topological polar surface area (TPSA) is 219 Å². The fraction of sp³-hybridized carbons (Fsp3) is 0.611.